The second-order valence-electron chi connectivity index (χ2n) is 6.96. The Morgan fingerprint density at radius 2 is 1.82 bits per heavy atom. The predicted octanol–water partition coefficient (Wildman–Crippen LogP) is 4.73. The van der Waals surface area contributed by atoms with E-state index >= 15 is 0 Å². The first-order valence-electron chi connectivity index (χ1n) is 9.71. The molecule has 1 aromatic heterocycles. The molecular formula is C20H17F5N4O2S2. The van der Waals surface area contributed by atoms with Crippen molar-refractivity contribution in [1.82, 2.24) is 14.5 Å². The molecule has 0 radical (unpaired) electrons. The van der Waals surface area contributed by atoms with Crippen molar-refractivity contribution < 1.29 is 30.6 Å². The lowest BCUT2D eigenvalue weighted by Gasteiger charge is -2.32. The van der Waals surface area contributed by atoms with Gasteiger partial charge < -0.3 is 4.42 Å². The van der Waals surface area contributed by atoms with Crippen LogP contribution < -0.4 is 4.31 Å². The maximum Gasteiger partial charge on any atom is 0.314 e. The van der Waals surface area contributed by atoms with E-state index in [1.54, 1.807) is 16.1 Å². The number of thioether (sulfide) groups is 1. The maximum atomic E-state index is 14.9. The third kappa shape index (κ3) is 5.36. The average molecular weight is 505 g/mol. The molecule has 1 aliphatic heterocycles. The average Bonchev–Trinajstić information content (AvgIpc) is 3.31. The number of alkyl halides is 2. The molecule has 13 heteroatoms. The Morgan fingerprint density at radius 3 is 2.48 bits per heavy atom. The molecule has 1 aliphatic rings. The quantitative estimate of drug-likeness (QED) is 0.436. The molecule has 0 aliphatic carbocycles. The van der Waals surface area contributed by atoms with E-state index in [4.69, 9.17) is 4.42 Å². The van der Waals surface area contributed by atoms with Gasteiger partial charge in [0.15, 0.2) is 11.2 Å². The lowest BCUT2D eigenvalue weighted by atomic mass is 10.1. The van der Waals surface area contributed by atoms with Gasteiger partial charge in [0.25, 0.3) is 5.89 Å². The fourth-order valence-corrected chi connectivity index (χ4v) is 5.61. The topological polar surface area (TPSA) is 62.5 Å². The molecule has 1 unspecified atom stereocenters. The van der Waals surface area contributed by atoms with Gasteiger partial charge in [-0.05, 0) is 24.3 Å². The first-order chi connectivity index (χ1) is 15.8. The van der Waals surface area contributed by atoms with E-state index in [-0.39, 0.29) is 29.2 Å². The Labute approximate surface area is 192 Å². The van der Waals surface area contributed by atoms with Gasteiger partial charge in [-0.25, -0.2) is 21.7 Å². The minimum Gasteiger partial charge on any atom is -0.415 e. The van der Waals surface area contributed by atoms with Crippen molar-refractivity contribution in [1.29, 1.82) is 0 Å². The van der Waals surface area contributed by atoms with Crippen molar-refractivity contribution in [2.45, 2.75) is 13.0 Å². The highest BCUT2D eigenvalue weighted by atomic mass is 32.2. The number of rotatable bonds is 7. The van der Waals surface area contributed by atoms with Gasteiger partial charge >= 0.3 is 6.43 Å². The standard InChI is InChI=1S/C20H17F5N4O2S2/c21-14-3-4-15(22)17(10-14)29(33(30)28-5-7-32-8-6-28)11-13-2-1-12(9-16(13)23)19-26-27-20(31-19)18(24)25/h1-4,9-10,18H,5-8,11H2. The number of halogens is 5. The van der Waals surface area contributed by atoms with Crippen molar-refractivity contribution in [2.75, 3.05) is 28.9 Å². The third-order valence-electron chi connectivity index (χ3n) is 4.80. The second-order valence-corrected chi connectivity index (χ2v) is 9.60. The van der Waals surface area contributed by atoms with Crippen LogP contribution in [0.3, 0.4) is 0 Å². The van der Waals surface area contributed by atoms with E-state index in [9.17, 15) is 26.2 Å². The van der Waals surface area contributed by atoms with Crippen molar-refractivity contribution in [2.24, 2.45) is 0 Å². The minimum atomic E-state index is -2.96. The van der Waals surface area contributed by atoms with Gasteiger partial charge in [0, 0.05) is 41.8 Å². The summed E-state index contributed by atoms with van der Waals surface area (Å²) in [6, 6.07) is 6.43. The molecule has 1 saturated heterocycles. The van der Waals surface area contributed by atoms with Gasteiger partial charge in [-0.3, -0.25) is 4.31 Å². The molecule has 1 fully saturated rings. The normalized spacial score (nSPS) is 15.7. The summed E-state index contributed by atoms with van der Waals surface area (Å²) in [5, 5.41) is 6.68. The van der Waals surface area contributed by atoms with Gasteiger partial charge in [0.1, 0.15) is 17.5 Å². The molecule has 0 amide bonds. The molecule has 3 aromatic rings. The van der Waals surface area contributed by atoms with E-state index in [0.29, 0.717) is 13.1 Å². The molecular weight excluding hydrogens is 487 g/mol. The van der Waals surface area contributed by atoms with Crippen LogP contribution in [0.4, 0.5) is 27.6 Å². The number of hydrogen-bond acceptors (Lipinski definition) is 5. The number of aromatic nitrogens is 2. The Balaban J connectivity index is 1.65. The fraction of sp³-hybridized carbons (Fsp3) is 0.300. The first-order valence-corrected chi connectivity index (χ1v) is 11.9. The summed E-state index contributed by atoms with van der Waals surface area (Å²) >= 11 is -0.227. The molecule has 2 aromatic carbocycles. The van der Waals surface area contributed by atoms with Crippen molar-refractivity contribution in [3.8, 4) is 11.5 Å². The summed E-state index contributed by atoms with van der Waals surface area (Å²) in [5.41, 5.74) is -0.183. The Hall–Kier alpha value is -2.51. The van der Waals surface area contributed by atoms with E-state index < -0.39 is 40.9 Å². The Bertz CT molecular complexity index is 1160. The van der Waals surface area contributed by atoms with Gasteiger partial charge in [-0.2, -0.15) is 20.5 Å². The van der Waals surface area contributed by atoms with Gasteiger partial charge in [-0.1, -0.05) is 6.07 Å². The zero-order valence-corrected chi connectivity index (χ0v) is 18.5. The van der Waals surface area contributed by atoms with Crippen LogP contribution in [0.2, 0.25) is 0 Å². The molecule has 0 saturated carbocycles. The zero-order valence-electron chi connectivity index (χ0n) is 16.9. The van der Waals surface area contributed by atoms with Crippen LogP contribution in [0.15, 0.2) is 40.8 Å². The number of anilines is 1. The van der Waals surface area contributed by atoms with Crippen LogP contribution in [0.5, 0.6) is 0 Å². The van der Waals surface area contributed by atoms with E-state index in [0.717, 1.165) is 40.1 Å². The highest BCUT2D eigenvalue weighted by molar-refractivity contribution is 7.99. The highest BCUT2D eigenvalue weighted by Crippen LogP contribution is 2.29. The highest BCUT2D eigenvalue weighted by Gasteiger charge is 2.27. The number of nitrogens with zero attached hydrogens (tertiary/aromatic N) is 4. The largest absolute Gasteiger partial charge is 0.415 e. The molecule has 0 spiro atoms. The van der Waals surface area contributed by atoms with Crippen LogP contribution in [-0.2, 0) is 17.7 Å². The van der Waals surface area contributed by atoms with Crippen LogP contribution in [0.1, 0.15) is 17.9 Å². The summed E-state index contributed by atoms with van der Waals surface area (Å²) in [6.45, 7) is 0.598. The molecule has 6 nitrogen and oxygen atoms in total. The van der Waals surface area contributed by atoms with Crippen molar-refractivity contribution in [3.63, 3.8) is 0 Å². The minimum absolute atomic E-state index is 0.0238. The Kier molecular flexibility index (Phi) is 7.29. The maximum absolute atomic E-state index is 14.9. The van der Waals surface area contributed by atoms with Crippen LogP contribution in [-0.4, -0.2) is 43.3 Å². The summed E-state index contributed by atoms with van der Waals surface area (Å²) < 4.78 is 89.5. The number of benzene rings is 2. The molecule has 176 valence electrons. The summed E-state index contributed by atoms with van der Waals surface area (Å²) in [7, 11) is 0. The fourth-order valence-electron chi connectivity index (χ4n) is 3.15. The second kappa shape index (κ2) is 10.2. The van der Waals surface area contributed by atoms with Crippen LogP contribution in [0, 0.1) is 17.5 Å². The summed E-state index contributed by atoms with van der Waals surface area (Å²) in [5.74, 6) is -2.08. The summed E-state index contributed by atoms with van der Waals surface area (Å²) in [6.07, 6.45) is -2.96. The Morgan fingerprint density at radius 1 is 1.06 bits per heavy atom. The smallest absolute Gasteiger partial charge is 0.314 e. The molecule has 0 bridgehead atoms. The third-order valence-corrected chi connectivity index (χ3v) is 7.25. The molecule has 4 rings (SSSR count). The molecule has 0 N–H and O–H groups in total. The van der Waals surface area contributed by atoms with Crippen LogP contribution in [0.25, 0.3) is 11.5 Å². The molecule has 1 atom stereocenters. The van der Waals surface area contributed by atoms with Crippen LogP contribution >= 0.6 is 11.8 Å². The zero-order chi connectivity index (χ0) is 23.5. The lowest BCUT2D eigenvalue weighted by molar-refractivity contribution is 0.116. The lowest BCUT2D eigenvalue weighted by Crippen LogP contribution is -2.43. The SMILES string of the molecule is O=S(N1CCSCC1)N(Cc1ccc(-c2nnc(C(F)F)o2)cc1F)c1cc(F)ccc1F. The van der Waals surface area contributed by atoms with Gasteiger partial charge in [0.05, 0.1) is 12.2 Å². The molecule has 33 heavy (non-hydrogen) atoms. The predicted molar refractivity (Wildman–Crippen MR) is 114 cm³/mol. The summed E-state index contributed by atoms with van der Waals surface area (Å²) in [4.78, 5) is 0. The van der Waals surface area contributed by atoms with Gasteiger partial charge in [-0.15, -0.1) is 10.2 Å². The first kappa shape index (κ1) is 23.6. The van der Waals surface area contributed by atoms with Crippen molar-refractivity contribution >= 4 is 28.6 Å². The van der Waals surface area contributed by atoms with E-state index in [1.165, 1.54) is 12.1 Å². The van der Waals surface area contributed by atoms with Crippen molar-refractivity contribution in [3.05, 3.63) is 65.3 Å². The van der Waals surface area contributed by atoms with E-state index in [2.05, 4.69) is 10.2 Å². The molecule has 2 heterocycles. The van der Waals surface area contributed by atoms with E-state index in [1.807, 2.05) is 0 Å². The van der Waals surface area contributed by atoms with Gasteiger partial charge in [0.2, 0.25) is 5.89 Å². The monoisotopic (exact) mass is 504 g/mol. The number of hydrogen-bond donors (Lipinski definition) is 0.